The summed E-state index contributed by atoms with van der Waals surface area (Å²) in [6.45, 7) is 0. The van der Waals surface area contributed by atoms with Crippen molar-refractivity contribution in [3.05, 3.63) is 70.0 Å². The molecule has 2 aromatic carbocycles. The van der Waals surface area contributed by atoms with Crippen LogP contribution in [0.2, 0.25) is 5.02 Å². The molecule has 0 aliphatic heterocycles. The Labute approximate surface area is 124 Å². The van der Waals surface area contributed by atoms with Crippen LogP contribution in [0.15, 0.2) is 42.5 Å². The lowest BCUT2D eigenvalue weighted by molar-refractivity contribution is -0.138. The highest BCUT2D eigenvalue weighted by Crippen LogP contribution is 2.35. The van der Waals surface area contributed by atoms with Crippen LogP contribution < -0.4 is 5.73 Å². The molecule has 0 bridgehead atoms. The first-order valence-corrected chi connectivity index (χ1v) is 6.53. The van der Waals surface area contributed by atoms with Crippen molar-refractivity contribution in [3.8, 4) is 0 Å². The zero-order valence-electron chi connectivity index (χ0n) is 10.8. The Hall–Kier alpha value is -1.59. The molecule has 0 fully saturated rings. The van der Waals surface area contributed by atoms with Gasteiger partial charge in [0.05, 0.1) is 10.6 Å². The van der Waals surface area contributed by atoms with E-state index in [0.29, 0.717) is 5.56 Å². The molecule has 0 aromatic heterocycles. The summed E-state index contributed by atoms with van der Waals surface area (Å²) in [6.07, 6.45) is -4.47. The SMILES string of the molecule is NC(Cc1cccc(F)c1Cl)c1ccccc1C(F)(F)F. The maximum atomic E-state index is 13.3. The van der Waals surface area contributed by atoms with E-state index in [1.165, 1.54) is 30.3 Å². The van der Waals surface area contributed by atoms with Gasteiger partial charge in [-0.2, -0.15) is 13.2 Å². The largest absolute Gasteiger partial charge is 0.416 e. The van der Waals surface area contributed by atoms with Gasteiger partial charge in [-0.05, 0) is 29.7 Å². The van der Waals surface area contributed by atoms with Gasteiger partial charge in [-0.25, -0.2) is 4.39 Å². The second-order valence-electron chi connectivity index (χ2n) is 4.61. The van der Waals surface area contributed by atoms with Crippen molar-refractivity contribution in [2.75, 3.05) is 0 Å². The molecule has 0 amide bonds. The third kappa shape index (κ3) is 3.54. The normalized spacial score (nSPS) is 13.2. The zero-order valence-corrected chi connectivity index (χ0v) is 11.5. The Kier molecular flexibility index (Phi) is 4.54. The molecule has 0 heterocycles. The van der Waals surface area contributed by atoms with Crippen LogP contribution >= 0.6 is 11.6 Å². The Morgan fingerprint density at radius 2 is 1.71 bits per heavy atom. The van der Waals surface area contributed by atoms with Crippen molar-refractivity contribution in [2.45, 2.75) is 18.6 Å². The molecule has 0 aliphatic rings. The van der Waals surface area contributed by atoms with Crippen LogP contribution in [-0.4, -0.2) is 0 Å². The molecule has 112 valence electrons. The van der Waals surface area contributed by atoms with Gasteiger partial charge in [0.1, 0.15) is 5.82 Å². The van der Waals surface area contributed by atoms with E-state index < -0.39 is 23.6 Å². The van der Waals surface area contributed by atoms with Crippen molar-refractivity contribution < 1.29 is 17.6 Å². The molecule has 2 rings (SSSR count). The fourth-order valence-electron chi connectivity index (χ4n) is 2.13. The van der Waals surface area contributed by atoms with Crippen molar-refractivity contribution in [1.82, 2.24) is 0 Å². The van der Waals surface area contributed by atoms with Crippen LogP contribution in [0.1, 0.15) is 22.7 Å². The number of alkyl halides is 3. The van der Waals surface area contributed by atoms with E-state index in [1.807, 2.05) is 0 Å². The first-order valence-electron chi connectivity index (χ1n) is 6.15. The molecule has 2 aromatic rings. The van der Waals surface area contributed by atoms with Crippen molar-refractivity contribution >= 4 is 11.6 Å². The topological polar surface area (TPSA) is 26.0 Å². The maximum absolute atomic E-state index is 13.3. The molecule has 0 spiro atoms. The number of hydrogen-bond donors (Lipinski definition) is 1. The van der Waals surface area contributed by atoms with Gasteiger partial charge >= 0.3 is 6.18 Å². The van der Waals surface area contributed by atoms with Crippen LogP contribution in [0, 0.1) is 5.82 Å². The highest BCUT2D eigenvalue weighted by atomic mass is 35.5. The van der Waals surface area contributed by atoms with Crippen LogP contribution in [-0.2, 0) is 12.6 Å². The number of benzene rings is 2. The molecular weight excluding hydrogens is 306 g/mol. The van der Waals surface area contributed by atoms with Gasteiger partial charge in [-0.15, -0.1) is 0 Å². The molecular formula is C15H12ClF4N. The zero-order chi connectivity index (χ0) is 15.6. The van der Waals surface area contributed by atoms with Gasteiger partial charge in [0.2, 0.25) is 0 Å². The number of rotatable bonds is 3. The quantitative estimate of drug-likeness (QED) is 0.813. The van der Waals surface area contributed by atoms with Crippen molar-refractivity contribution in [2.24, 2.45) is 5.73 Å². The average Bonchev–Trinajstić information content (AvgIpc) is 2.43. The highest BCUT2D eigenvalue weighted by molar-refractivity contribution is 6.31. The van der Waals surface area contributed by atoms with E-state index >= 15 is 0 Å². The molecule has 0 saturated heterocycles. The summed E-state index contributed by atoms with van der Waals surface area (Å²) in [5, 5.41) is -0.113. The third-order valence-electron chi connectivity index (χ3n) is 3.14. The van der Waals surface area contributed by atoms with Gasteiger partial charge in [-0.1, -0.05) is 41.9 Å². The van der Waals surface area contributed by atoms with Crippen LogP contribution in [0.4, 0.5) is 17.6 Å². The predicted octanol–water partition coefficient (Wildman–Crippen LogP) is 4.74. The molecule has 1 atom stereocenters. The molecule has 21 heavy (non-hydrogen) atoms. The summed E-state index contributed by atoms with van der Waals surface area (Å²) in [5.41, 5.74) is 5.41. The molecule has 0 saturated carbocycles. The lowest BCUT2D eigenvalue weighted by Gasteiger charge is -2.18. The Bertz CT molecular complexity index is 640. The van der Waals surface area contributed by atoms with E-state index in [4.69, 9.17) is 17.3 Å². The minimum atomic E-state index is -4.49. The van der Waals surface area contributed by atoms with Gasteiger partial charge in [0.25, 0.3) is 0 Å². The third-order valence-corrected chi connectivity index (χ3v) is 3.56. The second kappa shape index (κ2) is 6.03. The van der Waals surface area contributed by atoms with Crippen LogP contribution in [0.25, 0.3) is 0 Å². The molecule has 2 N–H and O–H groups in total. The molecule has 1 unspecified atom stereocenters. The summed E-state index contributed by atoms with van der Waals surface area (Å²) >= 11 is 5.80. The van der Waals surface area contributed by atoms with E-state index in [1.54, 1.807) is 6.07 Å². The predicted molar refractivity (Wildman–Crippen MR) is 73.5 cm³/mol. The highest BCUT2D eigenvalue weighted by Gasteiger charge is 2.34. The lowest BCUT2D eigenvalue weighted by atomic mass is 9.95. The van der Waals surface area contributed by atoms with Gasteiger partial charge in [0.15, 0.2) is 0 Å². The number of hydrogen-bond acceptors (Lipinski definition) is 1. The first kappa shape index (κ1) is 15.8. The summed E-state index contributed by atoms with van der Waals surface area (Å²) < 4.78 is 52.2. The molecule has 0 aliphatic carbocycles. The molecule has 0 radical (unpaired) electrons. The van der Waals surface area contributed by atoms with E-state index in [9.17, 15) is 17.6 Å². The minimum absolute atomic E-state index is 0.0175. The van der Waals surface area contributed by atoms with E-state index in [0.717, 1.165) is 6.07 Å². The average molecular weight is 318 g/mol. The minimum Gasteiger partial charge on any atom is -0.324 e. The van der Waals surface area contributed by atoms with Gasteiger partial charge in [0, 0.05) is 6.04 Å². The van der Waals surface area contributed by atoms with Gasteiger partial charge < -0.3 is 5.73 Å². The van der Waals surface area contributed by atoms with Crippen LogP contribution in [0.3, 0.4) is 0 Å². The van der Waals surface area contributed by atoms with E-state index in [2.05, 4.69) is 0 Å². The van der Waals surface area contributed by atoms with Crippen molar-refractivity contribution in [1.29, 1.82) is 0 Å². The Morgan fingerprint density at radius 3 is 2.38 bits per heavy atom. The fourth-order valence-corrected chi connectivity index (χ4v) is 2.33. The smallest absolute Gasteiger partial charge is 0.324 e. The van der Waals surface area contributed by atoms with Crippen molar-refractivity contribution in [3.63, 3.8) is 0 Å². The van der Waals surface area contributed by atoms with Crippen LogP contribution in [0.5, 0.6) is 0 Å². The summed E-state index contributed by atoms with van der Waals surface area (Å²) in [7, 11) is 0. The lowest BCUT2D eigenvalue weighted by Crippen LogP contribution is -2.19. The standard InChI is InChI=1S/C15H12ClF4N/c16-14-9(4-3-7-12(14)17)8-13(21)10-5-1-2-6-11(10)15(18,19)20/h1-7,13H,8,21H2. The monoisotopic (exact) mass is 317 g/mol. The number of nitrogens with two attached hydrogens (primary N) is 1. The summed E-state index contributed by atoms with van der Waals surface area (Å²) in [6, 6.07) is 8.32. The maximum Gasteiger partial charge on any atom is 0.416 e. The second-order valence-corrected chi connectivity index (χ2v) is 4.99. The van der Waals surface area contributed by atoms with Gasteiger partial charge in [-0.3, -0.25) is 0 Å². The summed E-state index contributed by atoms with van der Waals surface area (Å²) in [4.78, 5) is 0. The molecule has 1 nitrogen and oxygen atoms in total. The number of halogens is 5. The van der Waals surface area contributed by atoms with E-state index in [-0.39, 0.29) is 17.0 Å². The first-order chi connectivity index (χ1) is 9.80. The molecule has 6 heteroatoms. The Morgan fingerprint density at radius 1 is 1.05 bits per heavy atom. The summed E-state index contributed by atoms with van der Waals surface area (Å²) in [5.74, 6) is -0.620. The Balaban J connectivity index is 2.33. The fraction of sp³-hybridized carbons (Fsp3) is 0.200.